The van der Waals surface area contributed by atoms with Crippen LogP contribution >= 0.6 is 11.6 Å². The molecule has 2 aromatic carbocycles. The molecule has 0 spiro atoms. The third-order valence-corrected chi connectivity index (χ3v) is 3.47. The van der Waals surface area contributed by atoms with Crippen LogP contribution in [0.3, 0.4) is 0 Å². The summed E-state index contributed by atoms with van der Waals surface area (Å²) in [4.78, 5) is 21.7. The number of hydrogen-bond donors (Lipinski definition) is 1. The predicted octanol–water partition coefficient (Wildman–Crippen LogP) is 5.20. The normalized spacial score (nSPS) is 11.0. The fourth-order valence-electron chi connectivity index (χ4n) is 2.03. The summed E-state index contributed by atoms with van der Waals surface area (Å²) in [5, 5.41) is 13.2. The van der Waals surface area contributed by atoms with Gasteiger partial charge in [0.25, 0.3) is 5.69 Å². The van der Waals surface area contributed by atoms with E-state index in [4.69, 9.17) is 21.1 Å². The van der Waals surface area contributed by atoms with Crippen LogP contribution in [0.5, 0.6) is 11.5 Å². The van der Waals surface area contributed by atoms with Crippen LogP contribution in [0, 0.1) is 15.9 Å². The second kappa shape index (κ2) is 8.22. The number of nitro groups is 1. The molecule has 0 atom stereocenters. The molecule has 2 aromatic rings. The van der Waals surface area contributed by atoms with Gasteiger partial charge in [0.15, 0.2) is 11.6 Å². The molecule has 0 heterocycles. The summed E-state index contributed by atoms with van der Waals surface area (Å²) in [6.45, 7) is 5.29. The summed E-state index contributed by atoms with van der Waals surface area (Å²) in [7, 11) is 0. The van der Waals surface area contributed by atoms with Crippen LogP contribution in [-0.2, 0) is 11.3 Å². The maximum absolute atomic E-state index is 14.3. The molecule has 2 rings (SSSR count). The number of nitrogens with one attached hydrogen (secondary N) is 1. The van der Waals surface area contributed by atoms with E-state index in [0.29, 0.717) is 5.56 Å². The summed E-state index contributed by atoms with van der Waals surface area (Å²) in [5.74, 6) is -0.694. The average molecular weight is 397 g/mol. The van der Waals surface area contributed by atoms with Gasteiger partial charge in [-0.1, -0.05) is 17.7 Å². The molecule has 9 heteroatoms. The molecule has 1 amide bonds. The first kappa shape index (κ1) is 20.4. The van der Waals surface area contributed by atoms with Gasteiger partial charge in [0.1, 0.15) is 11.4 Å². The second-order valence-electron chi connectivity index (χ2n) is 6.59. The van der Waals surface area contributed by atoms with Gasteiger partial charge in [0.05, 0.1) is 9.95 Å². The first-order chi connectivity index (χ1) is 12.5. The van der Waals surface area contributed by atoms with E-state index in [9.17, 15) is 19.3 Å². The summed E-state index contributed by atoms with van der Waals surface area (Å²) in [5.41, 5.74) is -0.325. The number of amides is 1. The van der Waals surface area contributed by atoms with Crippen molar-refractivity contribution in [3.8, 4) is 11.5 Å². The highest BCUT2D eigenvalue weighted by atomic mass is 35.5. The van der Waals surface area contributed by atoms with Gasteiger partial charge in [-0.2, -0.15) is 0 Å². The molecule has 7 nitrogen and oxygen atoms in total. The van der Waals surface area contributed by atoms with E-state index >= 15 is 0 Å². The van der Waals surface area contributed by atoms with Crippen LogP contribution in [0.2, 0.25) is 5.02 Å². The van der Waals surface area contributed by atoms with Gasteiger partial charge in [0.2, 0.25) is 0 Å². The Kier molecular flexibility index (Phi) is 6.22. The Bertz CT molecular complexity index is 867. The highest BCUT2D eigenvalue weighted by molar-refractivity contribution is 6.32. The zero-order chi connectivity index (χ0) is 20.2. The number of nitro benzene ring substituents is 1. The van der Waals surface area contributed by atoms with Crippen molar-refractivity contribution >= 4 is 23.4 Å². The van der Waals surface area contributed by atoms with Gasteiger partial charge in [-0.05, 0) is 44.5 Å². The fraction of sp³-hybridized carbons (Fsp3) is 0.278. The van der Waals surface area contributed by atoms with Gasteiger partial charge >= 0.3 is 6.09 Å². The van der Waals surface area contributed by atoms with E-state index in [1.54, 1.807) is 26.8 Å². The topological polar surface area (TPSA) is 90.7 Å². The molecule has 0 saturated carbocycles. The van der Waals surface area contributed by atoms with E-state index in [0.717, 1.165) is 6.07 Å². The van der Waals surface area contributed by atoms with Crippen LogP contribution in [0.4, 0.5) is 14.9 Å². The number of rotatable bonds is 5. The van der Waals surface area contributed by atoms with Crippen molar-refractivity contribution in [2.24, 2.45) is 0 Å². The second-order valence-corrected chi connectivity index (χ2v) is 7.00. The van der Waals surface area contributed by atoms with E-state index in [1.807, 2.05) is 0 Å². The average Bonchev–Trinajstić information content (AvgIpc) is 2.55. The highest BCUT2D eigenvalue weighted by Gasteiger charge is 2.16. The van der Waals surface area contributed by atoms with Crippen LogP contribution in [0.25, 0.3) is 0 Å². The molecule has 0 aliphatic rings. The largest absolute Gasteiger partial charge is 0.453 e. The lowest BCUT2D eigenvalue weighted by Crippen LogP contribution is -2.32. The molecule has 0 aromatic heterocycles. The zero-order valence-corrected chi connectivity index (χ0v) is 15.7. The van der Waals surface area contributed by atoms with Crippen molar-refractivity contribution in [1.29, 1.82) is 0 Å². The molecular weight excluding hydrogens is 379 g/mol. The van der Waals surface area contributed by atoms with Crippen LogP contribution in [0.15, 0.2) is 36.4 Å². The Hall–Kier alpha value is -2.87. The van der Waals surface area contributed by atoms with E-state index in [-0.39, 0.29) is 28.8 Å². The van der Waals surface area contributed by atoms with Crippen LogP contribution in [-0.4, -0.2) is 16.6 Å². The van der Waals surface area contributed by atoms with E-state index in [1.165, 1.54) is 24.3 Å². The SMILES string of the molecule is CC(C)(C)OC(=O)NCc1ccc(Oc2ccc([N+](=O)[O-])cc2Cl)c(F)c1. The van der Waals surface area contributed by atoms with Crippen molar-refractivity contribution in [2.75, 3.05) is 0 Å². The lowest BCUT2D eigenvalue weighted by Gasteiger charge is -2.19. The molecule has 0 unspecified atom stereocenters. The molecular formula is C18H18ClFN2O5. The van der Waals surface area contributed by atoms with Crippen LogP contribution < -0.4 is 10.1 Å². The fourth-order valence-corrected chi connectivity index (χ4v) is 2.24. The number of non-ortho nitro benzene ring substituents is 1. The number of ether oxygens (including phenoxy) is 2. The third-order valence-electron chi connectivity index (χ3n) is 3.18. The number of alkyl carbamates (subject to hydrolysis) is 1. The Morgan fingerprint density at radius 1 is 1.22 bits per heavy atom. The standard InChI is InChI=1S/C18H18ClFN2O5/c1-18(2,3)27-17(23)21-10-11-4-6-16(14(20)8-11)26-15-7-5-12(22(24)25)9-13(15)19/h4-9H,10H2,1-3H3,(H,21,23). The minimum absolute atomic E-state index is 0.0146. The van der Waals surface area contributed by atoms with Gasteiger partial charge in [-0.3, -0.25) is 10.1 Å². The number of halogens is 2. The molecule has 0 radical (unpaired) electrons. The maximum Gasteiger partial charge on any atom is 0.407 e. The molecule has 0 bridgehead atoms. The van der Waals surface area contributed by atoms with Crippen molar-refractivity contribution in [3.63, 3.8) is 0 Å². The van der Waals surface area contributed by atoms with E-state index < -0.39 is 22.4 Å². The molecule has 27 heavy (non-hydrogen) atoms. The molecule has 0 saturated heterocycles. The van der Waals surface area contributed by atoms with Gasteiger partial charge in [0, 0.05) is 18.7 Å². The van der Waals surface area contributed by atoms with Crippen molar-refractivity contribution in [3.05, 3.63) is 62.9 Å². The van der Waals surface area contributed by atoms with Crippen molar-refractivity contribution in [2.45, 2.75) is 32.9 Å². The number of carbonyl (C=O) groups is 1. The first-order valence-electron chi connectivity index (χ1n) is 7.92. The summed E-state index contributed by atoms with van der Waals surface area (Å²) in [6.07, 6.45) is -0.610. The lowest BCUT2D eigenvalue weighted by molar-refractivity contribution is -0.384. The van der Waals surface area contributed by atoms with Gasteiger partial charge < -0.3 is 14.8 Å². The quantitative estimate of drug-likeness (QED) is 0.553. The number of carbonyl (C=O) groups excluding carboxylic acids is 1. The van der Waals surface area contributed by atoms with Gasteiger partial charge in [-0.15, -0.1) is 0 Å². The molecule has 1 N–H and O–H groups in total. The highest BCUT2D eigenvalue weighted by Crippen LogP contribution is 2.33. The molecule has 0 fully saturated rings. The smallest absolute Gasteiger partial charge is 0.407 e. The summed E-state index contributed by atoms with van der Waals surface area (Å²) < 4.78 is 24.7. The Labute approximate surface area is 160 Å². The maximum atomic E-state index is 14.3. The minimum Gasteiger partial charge on any atom is -0.453 e. The number of hydrogen-bond acceptors (Lipinski definition) is 5. The Morgan fingerprint density at radius 3 is 2.44 bits per heavy atom. The first-order valence-corrected chi connectivity index (χ1v) is 8.30. The Morgan fingerprint density at radius 2 is 1.89 bits per heavy atom. The van der Waals surface area contributed by atoms with E-state index in [2.05, 4.69) is 5.32 Å². The Balaban J connectivity index is 2.04. The minimum atomic E-state index is -0.673. The lowest BCUT2D eigenvalue weighted by atomic mass is 10.2. The summed E-state index contributed by atoms with van der Waals surface area (Å²) >= 11 is 5.93. The molecule has 144 valence electrons. The molecule has 0 aliphatic heterocycles. The predicted molar refractivity (Wildman–Crippen MR) is 97.7 cm³/mol. The van der Waals surface area contributed by atoms with Crippen LogP contribution in [0.1, 0.15) is 26.3 Å². The van der Waals surface area contributed by atoms with Gasteiger partial charge in [-0.25, -0.2) is 9.18 Å². The summed E-state index contributed by atoms with van der Waals surface area (Å²) in [6, 6.07) is 7.75. The number of benzene rings is 2. The third kappa shape index (κ3) is 6.10. The van der Waals surface area contributed by atoms with Crippen molar-refractivity contribution < 1.29 is 23.6 Å². The van der Waals surface area contributed by atoms with Crippen molar-refractivity contribution in [1.82, 2.24) is 5.32 Å². The molecule has 0 aliphatic carbocycles. The number of nitrogens with zero attached hydrogens (tertiary/aromatic N) is 1. The zero-order valence-electron chi connectivity index (χ0n) is 14.9. The monoisotopic (exact) mass is 396 g/mol.